The number of fused-ring (bicyclic) bond motifs is 1. The van der Waals surface area contributed by atoms with Gasteiger partial charge in [0.1, 0.15) is 12.4 Å². The highest BCUT2D eigenvalue weighted by molar-refractivity contribution is 7.91. The molecule has 266 valence electrons. The smallest absolute Gasteiger partial charge is 0.303 e. The Labute approximate surface area is 290 Å². The Bertz CT molecular complexity index is 1640. The number of benzene rings is 3. The van der Waals surface area contributed by atoms with Crippen molar-refractivity contribution in [3.63, 3.8) is 0 Å². The van der Waals surface area contributed by atoms with E-state index in [1.165, 1.54) is 0 Å². The van der Waals surface area contributed by atoms with Crippen molar-refractivity contribution in [2.24, 2.45) is 11.3 Å². The van der Waals surface area contributed by atoms with Gasteiger partial charge in [-0.25, -0.2) is 8.42 Å². The molecule has 0 radical (unpaired) electrons. The molecule has 0 saturated carbocycles. The quantitative estimate of drug-likeness (QED) is 0.135. The number of hydrogen-bond acceptors (Lipinski definition) is 7. The van der Waals surface area contributed by atoms with Crippen LogP contribution in [0.15, 0.2) is 71.6 Å². The zero-order valence-corrected chi connectivity index (χ0v) is 29.9. The fourth-order valence-corrected chi connectivity index (χ4v) is 9.34. The van der Waals surface area contributed by atoms with Crippen molar-refractivity contribution in [2.45, 2.75) is 95.2 Å². The van der Waals surface area contributed by atoms with Gasteiger partial charge in [0.25, 0.3) is 0 Å². The third kappa shape index (κ3) is 9.63. The average molecular weight is 694 g/mol. The maximum absolute atomic E-state index is 14.1. The molecular formula is C39H51NO8S. The van der Waals surface area contributed by atoms with E-state index in [-0.39, 0.29) is 30.1 Å². The fourth-order valence-electron chi connectivity index (χ4n) is 7.14. The van der Waals surface area contributed by atoms with Gasteiger partial charge in [0.15, 0.2) is 9.84 Å². The van der Waals surface area contributed by atoms with Crippen LogP contribution >= 0.6 is 0 Å². The number of aliphatic hydroxyl groups excluding tert-OH is 1. The fraction of sp³-hybridized carbons (Fsp3) is 0.487. The topological polar surface area (TPSA) is 141 Å². The number of carboxylic acid groups (broad SMARTS) is 2. The first-order valence-electron chi connectivity index (χ1n) is 17.2. The van der Waals surface area contributed by atoms with E-state index in [1.54, 1.807) is 6.07 Å². The number of carboxylic acids is 2. The average Bonchev–Trinajstić information content (AvgIpc) is 3.12. The van der Waals surface area contributed by atoms with Crippen LogP contribution in [0.25, 0.3) is 0 Å². The summed E-state index contributed by atoms with van der Waals surface area (Å²) >= 11 is 0. The molecule has 0 saturated heterocycles. The van der Waals surface area contributed by atoms with Crippen LogP contribution in [0.4, 0.5) is 5.69 Å². The molecule has 3 aromatic carbocycles. The minimum absolute atomic E-state index is 0.0776. The van der Waals surface area contributed by atoms with Gasteiger partial charge in [0.05, 0.1) is 16.8 Å². The van der Waals surface area contributed by atoms with E-state index in [0.717, 1.165) is 48.1 Å². The van der Waals surface area contributed by atoms with E-state index in [2.05, 4.69) is 13.8 Å². The predicted octanol–water partition coefficient (Wildman–Crippen LogP) is 7.09. The van der Waals surface area contributed by atoms with Gasteiger partial charge in [0.2, 0.25) is 0 Å². The molecule has 3 aromatic rings. The Balaban J connectivity index is 1.60. The van der Waals surface area contributed by atoms with Gasteiger partial charge in [0, 0.05) is 44.0 Å². The van der Waals surface area contributed by atoms with Crippen molar-refractivity contribution < 1.29 is 38.1 Å². The summed E-state index contributed by atoms with van der Waals surface area (Å²) in [6.07, 6.45) is 3.79. The molecule has 0 aliphatic carbocycles. The summed E-state index contributed by atoms with van der Waals surface area (Å²) in [7, 11) is 0.147. The Morgan fingerprint density at radius 2 is 1.45 bits per heavy atom. The van der Waals surface area contributed by atoms with E-state index in [1.807, 2.05) is 79.7 Å². The van der Waals surface area contributed by atoms with Gasteiger partial charge in [-0.2, -0.15) is 0 Å². The normalized spacial score (nSPS) is 18.0. The van der Waals surface area contributed by atoms with Crippen LogP contribution in [0.3, 0.4) is 0 Å². The predicted molar refractivity (Wildman–Crippen MR) is 191 cm³/mol. The molecule has 9 nitrogen and oxygen atoms in total. The van der Waals surface area contributed by atoms with Crippen LogP contribution < -0.4 is 9.64 Å². The molecule has 10 heteroatoms. The molecule has 2 atom stereocenters. The summed E-state index contributed by atoms with van der Waals surface area (Å²) < 4.78 is 34.2. The first kappa shape index (κ1) is 37.9. The molecule has 1 unspecified atom stereocenters. The van der Waals surface area contributed by atoms with Crippen molar-refractivity contribution in [1.29, 1.82) is 0 Å². The number of aliphatic carboxylic acids is 2. The number of hydrogen-bond donors (Lipinski definition) is 3. The van der Waals surface area contributed by atoms with Crippen LogP contribution in [-0.2, 0) is 32.5 Å². The van der Waals surface area contributed by atoms with Gasteiger partial charge in [-0.3, -0.25) is 9.59 Å². The molecule has 0 aromatic heterocycles. The lowest BCUT2D eigenvalue weighted by molar-refractivity contribution is -0.140. The lowest BCUT2D eigenvalue weighted by Crippen LogP contribution is -2.43. The molecule has 4 rings (SSSR count). The lowest BCUT2D eigenvalue weighted by Gasteiger charge is -2.40. The molecule has 0 bridgehead atoms. The summed E-state index contributed by atoms with van der Waals surface area (Å²) in [4.78, 5) is 24.6. The Kier molecular flexibility index (Phi) is 12.9. The monoisotopic (exact) mass is 693 g/mol. The SMILES string of the molecule is CCCCC1(CCCC)CS(=O)(=O)c2ccc(N(C)C)cc2[C@@H](c2ccc(OCc3ccc(CC(CC(=O)O)CC(=O)O)cc3)cc2)C1O. The highest BCUT2D eigenvalue weighted by Gasteiger charge is 2.49. The highest BCUT2D eigenvalue weighted by Crippen LogP contribution is 2.50. The van der Waals surface area contributed by atoms with Gasteiger partial charge < -0.3 is 25.0 Å². The number of nitrogens with zero attached hydrogens (tertiary/aromatic N) is 1. The maximum Gasteiger partial charge on any atom is 0.303 e. The van der Waals surface area contributed by atoms with Gasteiger partial charge in [-0.05, 0) is 77.8 Å². The van der Waals surface area contributed by atoms with E-state index < -0.39 is 45.1 Å². The number of unbranched alkanes of at least 4 members (excludes halogenated alkanes) is 2. The number of rotatable bonds is 17. The largest absolute Gasteiger partial charge is 0.489 e. The van der Waals surface area contributed by atoms with Gasteiger partial charge in [-0.1, -0.05) is 75.9 Å². The van der Waals surface area contributed by atoms with E-state index in [0.29, 0.717) is 30.6 Å². The number of ether oxygens (including phenoxy) is 1. The van der Waals surface area contributed by atoms with Crippen LogP contribution in [0, 0.1) is 11.3 Å². The van der Waals surface area contributed by atoms with Crippen LogP contribution in [0.2, 0.25) is 0 Å². The zero-order chi connectivity index (χ0) is 35.8. The van der Waals surface area contributed by atoms with Crippen molar-refractivity contribution >= 4 is 27.5 Å². The second-order valence-electron chi connectivity index (χ2n) is 13.8. The molecule has 1 heterocycles. The highest BCUT2D eigenvalue weighted by atomic mass is 32.2. The zero-order valence-electron chi connectivity index (χ0n) is 29.1. The van der Waals surface area contributed by atoms with Gasteiger partial charge in [-0.15, -0.1) is 0 Å². The van der Waals surface area contributed by atoms with Crippen molar-refractivity contribution in [1.82, 2.24) is 0 Å². The minimum Gasteiger partial charge on any atom is -0.489 e. The summed E-state index contributed by atoms with van der Waals surface area (Å²) in [6, 6.07) is 20.5. The molecule has 0 fully saturated rings. The van der Waals surface area contributed by atoms with Crippen LogP contribution in [-0.4, -0.2) is 61.6 Å². The van der Waals surface area contributed by atoms with Crippen molar-refractivity contribution in [2.75, 3.05) is 24.7 Å². The van der Waals surface area contributed by atoms with Crippen molar-refractivity contribution in [3.8, 4) is 5.75 Å². The molecular weight excluding hydrogens is 642 g/mol. The minimum atomic E-state index is -3.69. The Morgan fingerprint density at radius 3 is 1.98 bits per heavy atom. The second kappa shape index (κ2) is 16.7. The van der Waals surface area contributed by atoms with Crippen LogP contribution in [0.1, 0.15) is 93.4 Å². The number of aliphatic hydroxyl groups is 1. The van der Waals surface area contributed by atoms with E-state index in [4.69, 9.17) is 14.9 Å². The Morgan fingerprint density at radius 1 is 0.878 bits per heavy atom. The second-order valence-corrected chi connectivity index (χ2v) is 15.8. The summed E-state index contributed by atoms with van der Waals surface area (Å²) in [5, 5.41) is 30.7. The van der Waals surface area contributed by atoms with E-state index >= 15 is 0 Å². The molecule has 3 N–H and O–H groups in total. The summed E-state index contributed by atoms with van der Waals surface area (Å²) in [5.41, 5.74) is 3.29. The molecule has 0 amide bonds. The molecule has 0 spiro atoms. The van der Waals surface area contributed by atoms with Crippen molar-refractivity contribution in [3.05, 3.63) is 89.0 Å². The molecule has 1 aliphatic rings. The summed E-state index contributed by atoms with van der Waals surface area (Å²) in [6.45, 7) is 4.46. The first-order valence-corrected chi connectivity index (χ1v) is 18.9. The van der Waals surface area contributed by atoms with E-state index in [9.17, 15) is 23.1 Å². The third-order valence-electron chi connectivity index (χ3n) is 9.78. The standard InChI is InChI=1S/C39H51NO8S/c1-5-7-19-39(20-8-6-2)26-49(46,47)34-18-15-31(40(3)4)24-33(34)37(38(39)45)30-13-16-32(17-14-30)48-25-28-11-9-27(10-12-28)21-29(22-35(41)42)23-36(43)44/h9-18,24,29,37-38,45H,5-8,19-23,25-26H2,1-4H3,(H,41,42)(H,43,44)/t37-,38?/m1/s1. The molecule has 49 heavy (non-hydrogen) atoms. The third-order valence-corrected chi connectivity index (χ3v) is 11.8. The first-order chi connectivity index (χ1) is 23.3. The summed E-state index contributed by atoms with van der Waals surface area (Å²) in [5.74, 6) is -2.53. The number of sulfone groups is 1. The van der Waals surface area contributed by atoms with Crippen LogP contribution in [0.5, 0.6) is 5.75 Å². The molecule has 1 aliphatic heterocycles. The van der Waals surface area contributed by atoms with Gasteiger partial charge >= 0.3 is 11.9 Å². The number of carbonyl (C=O) groups is 2. The lowest BCUT2D eigenvalue weighted by atomic mass is 9.68. The maximum atomic E-state index is 14.1. The Hall–Kier alpha value is -3.89. The number of anilines is 1.